The number of rotatable bonds is 5. The van der Waals surface area contributed by atoms with Crippen LogP contribution in [0.5, 0.6) is 0 Å². The van der Waals surface area contributed by atoms with Crippen molar-refractivity contribution >= 4 is 65.0 Å². The maximum atomic E-state index is 5.33. The fourth-order valence-electron chi connectivity index (χ4n) is 9.15. The number of nitrogens with zero attached hydrogens (tertiary/aromatic N) is 3. The molecule has 0 atom stereocenters. The second kappa shape index (κ2) is 13.4. The van der Waals surface area contributed by atoms with Crippen molar-refractivity contribution in [2.75, 3.05) is 0 Å². The van der Waals surface area contributed by atoms with E-state index < -0.39 is 0 Å². The molecule has 10 aromatic carbocycles. The molecular weight excluding hydrogens is 715 g/mol. The highest BCUT2D eigenvalue weighted by atomic mass is 15.0. The van der Waals surface area contributed by atoms with E-state index in [1.807, 2.05) is 0 Å². The fourth-order valence-corrected chi connectivity index (χ4v) is 9.15. The molecule has 0 aliphatic rings. The highest BCUT2D eigenvalue weighted by Crippen LogP contribution is 2.41. The third kappa shape index (κ3) is 5.44. The van der Waals surface area contributed by atoms with Gasteiger partial charge in [-0.2, -0.15) is 0 Å². The van der Waals surface area contributed by atoms with Crippen LogP contribution in [-0.4, -0.2) is 14.5 Å². The van der Waals surface area contributed by atoms with Gasteiger partial charge >= 0.3 is 0 Å². The van der Waals surface area contributed by atoms with Gasteiger partial charge in [0.25, 0.3) is 0 Å². The molecule has 0 radical (unpaired) electrons. The van der Waals surface area contributed by atoms with E-state index in [0.717, 1.165) is 44.2 Å². The van der Waals surface area contributed by atoms with Crippen molar-refractivity contribution in [2.45, 2.75) is 0 Å². The highest BCUT2D eigenvalue weighted by Gasteiger charge is 2.19. The molecule has 12 aromatic rings. The number of aromatic nitrogens is 3. The molecular formula is C56H35N3. The first-order chi connectivity index (χ1) is 29.2. The number of benzene rings is 10. The Hall–Kier alpha value is -7.88. The zero-order chi connectivity index (χ0) is 38.9. The minimum Gasteiger partial charge on any atom is -0.309 e. The highest BCUT2D eigenvalue weighted by molar-refractivity contribution is 6.28. The molecule has 0 saturated heterocycles. The van der Waals surface area contributed by atoms with Crippen LogP contribution in [0.1, 0.15) is 0 Å². The molecule has 0 aliphatic heterocycles. The van der Waals surface area contributed by atoms with E-state index in [1.165, 1.54) is 65.6 Å². The van der Waals surface area contributed by atoms with Gasteiger partial charge in [0.1, 0.15) is 0 Å². The summed E-state index contributed by atoms with van der Waals surface area (Å²) in [5.41, 5.74) is 12.2. The van der Waals surface area contributed by atoms with Crippen molar-refractivity contribution in [3.05, 3.63) is 212 Å². The molecule has 0 unspecified atom stereocenters. The summed E-state index contributed by atoms with van der Waals surface area (Å²) in [6, 6.07) is 76.2. The van der Waals surface area contributed by atoms with Crippen LogP contribution in [0.25, 0.3) is 116 Å². The van der Waals surface area contributed by atoms with Gasteiger partial charge in [-0.05, 0) is 84.9 Å². The number of hydrogen-bond acceptors (Lipinski definition) is 2. The molecule has 0 spiro atoms. The fraction of sp³-hybridized carbons (Fsp3) is 0. The van der Waals surface area contributed by atoms with Crippen LogP contribution in [0.3, 0.4) is 0 Å². The van der Waals surface area contributed by atoms with E-state index in [2.05, 4.69) is 217 Å². The number of hydrogen-bond donors (Lipinski definition) is 0. The third-order valence-corrected chi connectivity index (χ3v) is 12.0. The number of para-hydroxylation sites is 1. The normalized spacial score (nSPS) is 11.7. The van der Waals surface area contributed by atoms with Gasteiger partial charge in [0, 0.05) is 33.0 Å². The summed E-state index contributed by atoms with van der Waals surface area (Å²) in [6.45, 7) is 0. The van der Waals surface area contributed by atoms with Gasteiger partial charge in [-0.25, -0.2) is 9.97 Å². The molecule has 2 aromatic heterocycles. The average Bonchev–Trinajstić information content (AvgIpc) is 3.67. The minimum atomic E-state index is 0.715. The summed E-state index contributed by atoms with van der Waals surface area (Å²) >= 11 is 0. The first-order valence-corrected chi connectivity index (χ1v) is 20.2. The predicted molar refractivity (Wildman–Crippen MR) is 248 cm³/mol. The zero-order valence-corrected chi connectivity index (χ0v) is 32.0. The van der Waals surface area contributed by atoms with Crippen molar-refractivity contribution in [3.8, 4) is 50.6 Å². The maximum absolute atomic E-state index is 5.33. The molecule has 59 heavy (non-hydrogen) atoms. The topological polar surface area (TPSA) is 30.7 Å². The van der Waals surface area contributed by atoms with Crippen LogP contribution in [0.15, 0.2) is 212 Å². The Morgan fingerprint density at radius 2 is 0.847 bits per heavy atom. The third-order valence-electron chi connectivity index (χ3n) is 12.0. The van der Waals surface area contributed by atoms with E-state index in [1.54, 1.807) is 0 Å². The summed E-state index contributed by atoms with van der Waals surface area (Å²) in [4.78, 5) is 10.5. The molecule has 0 N–H and O–H groups in total. The second-order valence-corrected chi connectivity index (χ2v) is 15.3. The van der Waals surface area contributed by atoms with Gasteiger partial charge in [0.05, 0.1) is 22.2 Å². The average molecular weight is 750 g/mol. The Morgan fingerprint density at radius 1 is 0.322 bits per heavy atom. The van der Waals surface area contributed by atoms with Crippen LogP contribution in [-0.2, 0) is 0 Å². The summed E-state index contributed by atoms with van der Waals surface area (Å²) in [5, 5.41) is 10.9. The zero-order valence-electron chi connectivity index (χ0n) is 32.0. The summed E-state index contributed by atoms with van der Waals surface area (Å²) < 4.78 is 2.43. The van der Waals surface area contributed by atoms with Crippen LogP contribution >= 0.6 is 0 Å². The lowest BCUT2D eigenvalue weighted by atomic mass is 9.98. The minimum absolute atomic E-state index is 0.715. The largest absolute Gasteiger partial charge is 0.309 e. The molecule has 3 nitrogen and oxygen atoms in total. The molecule has 3 heteroatoms. The molecule has 0 saturated carbocycles. The number of fused-ring (bicyclic) bond motifs is 9. The van der Waals surface area contributed by atoms with Crippen molar-refractivity contribution in [1.82, 2.24) is 14.5 Å². The smallest absolute Gasteiger partial charge is 0.161 e. The Bertz CT molecular complexity index is 3490. The monoisotopic (exact) mass is 749 g/mol. The van der Waals surface area contributed by atoms with E-state index in [0.29, 0.717) is 5.82 Å². The molecule has 12 rings (SSSR count). The SMILES string of the molecule is c1ccc(-c2ccc(-c3ccc(-c4nc(-c5cccc6cc(-n7c8ccc9ccccc9c8c8c9ccccc9ccc87)ccc56)nc5ccccc45)cc3)cc2)cc1. The predicted octanol–water partition coefficient (Wildman–Crippen LogP) is 14.9. The first kappa shape index (κ1) is 33.3. The Morgan fingerprint density at radius 3 is 1.49 bits per heavy atom. The lowest BCUT2D eigenvalue weighted by molar-refractivity contribution is 1.19. The van der Waals surface area contributed by atoms with Crippen molar-refractivity contribution < 1.29 is 0 Å². The van der Waals surface area contributed by atoms with E-state index >= 15 is 0 Å². The van der Waals surface area contributed by atoms with Crippen LogP contribution in [0.2, 0.25) is 0 Å². The van der Waals surface area contributed by atoms with Gasteiger partial charge in [-0.3, -0.25) is 0 Å². The van der Waals surface area contributed by atoms with E-state index in [9.17, 15) is 0 Å². The molecule has 2 heterocycles. The first-order valence-electron chi connectivity index (χ1n) is 20.2. The Balaban J connectivity index is 0.971. The maximum Gasteiger partial charge on any atom is 0.161 e. The molecule has 0 aliphatic carbocycles. The molecule has 0 amide bonds. The van der Waals surface area contributed by atoms with Gasteiger partial charge in [-0.1, -0.05) is 182 Å². The van der Waals surface area contributed by atoms with E-state index in [-0.39, 0.29) is 0 Å². The second-order valence-electron chi connectivity index (χ2n) is 15.3. The Labute approximate surface area is 341 Å². The summed E-state index contributed by atoms with van der Waals surface area (Å²) in [7, 11) is 0. The van der Waals surface area contributed by atoms with Gasteiger partial charge < -0.3 is 4.57 Å². The summed E-state index contributed by atoms with van der Waals surface area (Å²) in [5.74, 6) is 0.715. The van der Waals surface area contributed by atoms with Gasteiger partial charge in [0.2, 0.25) is 0 Å². The standard InChI is InChI=1S/C56H35N3/c1-2-11-36(12-3-1)37-21-23-38(24-22-37)39-25-27-42(28-26-39)55-49-18-8-9-20-50(49)57-56(58-55)48-19-10-15-43-35-44(31-32-45(43)48)59-51-33-29-40-13-4-6-16-46(40)53(51)54-47-17-7-5-14-41(47)30-34-52(54)59/h1-35H. The molecule has 274 valence electrons. The van der Waals surface area contributed by atoms with Crippen LogP contribution in [0.4, 0.5) is 0 Å². The van der Waals surface area contributed by atoms with Gasteiger partial charge in [-0.15, -0.1) is 0 Å². The van der Waals surface area contributed by atoms with Crippen molar-refractivity contribution in [1.29, 1.82) is 0 Å². The quantitative estimate of drug-likeness (QED) is 0.175. The van der Waals surface area contributed by atoms with Gasteiger partial charge in [0.15, 0.2) is 5.82 Å². The lowest BCUT2D eigenvalue weighted by Gasteiger charge is -2.13. The lowest BCUT2D eigenvalue weighted by Crippen LogP contribution is -1.97. The van der Waals surface area contributed by atoms with Crippen LogP contribution in [0, 0.1) is 0 Å². The van der Waals surface area contributed by atoms with E-state index in [4.69, 9.17) is 9.97 Å². The summed E-state index contributed by atoms with van der Waals surface area (Å²) in [6.07, 6.45) is 0. The van der Waals surface area contributed by atoms with Crippen LogP contribution < -0.4 is 0 Å². The molecule has 0 bridgehead atoms. The molecule has 0 fully saturated rings. The van der Waals surface area contributed by atoms with Crippen molar-refractivity contribution in [3.63, 3.8) is 0 Å². The van der Waals surface area contributed by atoms with Crippen molar-refractivity contribution in [2.24, 2.45) is 0 Å². The Kier molecular flexibility index (Phi) is 7.54.